The first-order chi connectivity index (χ1) is 8.04. The quantitative estimate of drug-likeness (QED) is 0.468. The van der Waals surface area contributed by atoms with Crippen LogP contribution in [0.4, 0.5) is 0 Å². The van der Waals surface area contributed by atoms with Gasteiger partial charge in [0.2, 0.25) is 0 Å². The van der Waals surface area contributed by atoms with Crippen LogP contribution in [0.25, 0.3) is 0 Å². The second kappa shape index (κ2) is 6.31. The van der Waals surface area contributed by atoms with Crippen molar-refractivity contribution in [3.8, 4) is 0 Å². The van der Waals surface area contributed by atoms with Crippen LogP contribution in [-0.4, -0.2) is 23.3 Å². The van der Waals surface area contributed by atoms with Crippen molar-refractivity contribution in [3.63, 3.8) is 0 Å². The molecule has 5 nitrogen and oxygen atoms in total. The Morgan fingerprint density at radius 1 is 1.53 bits per heavy atom. The highest BCUT2D eigenvalue weighted by atomic mass is 32.1. The van der Waals surface area contributed by atoms with Gasteiger partial charge < -0.3 is 15.2 Å². The molecule has 0 spiro atoms. The van der Waals surface area contributed by atoms with Gasteiger partial charge in [0.05, 0.1) is 21.4 Å². The van der Waals surface area contributed by atoms with Gasteiger partial charge in [0, 0.05) is 6.54 Å². The van der Waals surface area contributed by atoms with E-state index in [9.17, 15) is 9.90 Å². The minimum absolute atomic E-state index is 0.184. The zero-order valence-electron chi connectivity index (χ0n) is 9.44. The monoisotopic (exact) mass is 270 g/mol. The molecule has 1 rings (SSSR count). The summed E-state index contributed by atoms with van der Waals surface area (Å²) in [6.07, 6.45) is 0. The standard InChI is InChI=1S/C10H13N3O2S2/c1-3-11-10(16)13-12-6(2)7-4-5-8(17-7)9(14)15/h4-5H,3H2,1-2H3,(H,14,15)(H2,11,13,16)/p-1/b12-6-. The molecule has 0 aromatic carbocycles. The summed E-state index contributed by atoms with van der Waals surface area (Å²) in [5.74, 6) is -1.18. The van der Waals surface area contributed by atoms with E-state index in [-0.39, 0.29) is 4.88 Å². The third kappa shape index (κ3) is 4.12. The van der Waals surface area contributed by atoms with E-state index in [4.69, 9.17) is 12.2 Å². The molecule has 0 amide bonds. The lowest BCUT2D eigenvalue weighted by Gasteiger charge is -2.04. The van der Waals surface area contributed by atoms with Gasteiger partial charge in [-0.05, 0) is 38.2 Å². The summed E-state index contributed by atoms with van der Waals surface area (Å²) in [4.78, 5) is 11.5. The average Bonchev–Trinajstić information content (AvgIpc) is 2.75. The smallest absolute Gasteiger partial charge is 0.186 e. The Hall–Kier alpha value is -1.47. The summed E-state index contributed by atoms with van der Waals surface area (Å²) < 4.78 is 0. The normalized spacial score (nSPS) is 11.1. The van der Waals surface area contributed by atoms with Gasteiger partial charge in [-0.25, -0.2) is 0 Å². The number of rotatable bonds is 4. The average molecular weight is 270 g/mol. The third-order valence-electron chi connectivity index (χ3n) is 1.83. The van der Waals surface area contributed by atoms with Crippen molar-refractivity contribution in [2.45, 2.75) is 13.8 Å². The van der Waals surface area contributed by atoms with Crippen molar-refractivity contribution in [2.75, 3.05) is 6.54 Å². The first-order valence-electron chi connectivity index (χ1n) is 4.94. The van der Waals surface area contributed by atoms with Crippen LogP contribution in [0.15, 0.2) is 17.2 Å². The maximum atomic E-state index is 10.6. The molecule has 17 heavy (non-hydrogen) atoms. The van der Waals surface area contributed by atoms with E-state index in [1.165, 1.54) is 6.07 Å². The Morgan fingerprint density at radius 2 is 2.18 bits per heavy atom. The topological polar surface area (TPSA) is 76.5 Å². The van der Waals surface area contributed by atoms with Crippen molar-refractivity contribution >= 4 is 40.3 Å². The van der Waals surface area contributed by atoms with Crippen LogP contribution in [0.1, 0.15) is 28.4 Å². The maximum absolute atomic E-state index is 10.6. The van der Waals surface area contributed by atoms with Crippen LogP contribution in [0.3, 0.4) is 0 Å². The third-order valence-corrected chi connectivity index (χ3v) is 3.24. The zero-order valence-corrected chi connectivity index (χ0v) is 11.1. The highest BCUT2D eigenvalue weighted by Gasteiger charge is 2.03. The first-order valence-corrected chi connectivity index (χ1v) is 6.16. The molecular weight excluding hydrogens is 258 g/mol. The number of hydrazone groups is 1. The van der Waals surface area contributed by atoms with Crippen LogP contribution in [-0.2, 0) is 0 Å². The van der Waals surface area contributed by atoms with Crippen LogP contribution in [0, 0.1) is 0 Å². The number of carbonyl (C=O) groups excluding carboxylic acids is 1. The summed E-state index contributed by atoms with van der Waals surface area (Å²) in [5.41, 5.74) is 3.34. The van der Waals surface area contributed by atoms with Gasteiger partial charge in [-0.1, -0.05) is 0 Å². The van der Waals surface area contributed by atoms with E-state index in [2.05, 4.69) is 15.8 Å². The molecule has 0 aliphatic carbocycles. The molecule has 1 aromatic rings. The second-order valence-corrected chi connectivity index (χ2v) is 4.61. The van der Waals surface area contributed by atoms with E-state index in [1.54, 1.807) is 13.0 Å². The molecule has 92 valence electrons. The molecule has 1 aromatic heterocycles. The molecule has 0 radical (unpaired) electrons. The van der Waals surface area contributed by atoms with Crippen molar-refractivity contribution < 1.29 is 9.90 Å². The van der Waals surface area contributed by atoms with E-state index >= 15 is 0 Å². The largest absolute Gasteiger partial charge is 0.544 e. The van der Waals surface area contributed by atoms with Crippen molar-refractivity contribution in [1.82, 2.24) is 10.7 Å². The highest BCUT2D eigenvalue weighted by molar-refractivity contribution is 7.80. The number of carboxylic acids is 1. The van der Waals surface area contributed by atoms with Crippen molar-refractivity contribution in [2.24, 2.45) is 5.10 Å². The van der Waals surface area contributed by atoms with E-state index in [0.717, 1.165) is 16.2 Å². The molecule has 0 bridgehead atoms. The van der Waals surface area contributed by atoms with Crippen LogP contribution in [0.2, 0.25) is 0 Å². The molecule has 0 saturated heterocycles. The molecule has 0 aliphatic heterocycles. The number of hydrogen-bond acceptors (Lipinski definition) is 5. The zero-order chi connectivity index (χ0) is 12.8. The summed E-state index contributed by atoms with van der Waals surface area (Å²) in [6, 6.07) is 3.18. The van der Waals surface area contributed by atoms with Crippen molar-refractivity contribution in [1.29, 1.82) is 0 Å². The van der Waals surface area contributed by atoms with Gasteiger partial charge in [-0.15, -0.1) is 11.3 Å². The summed E-state index contributed by atoms with van der Waals surface area (Å²) >= 11 is 6.06. The number of nitrogens with one attached hydrogen (secondary N) is 2. The molecule has 0 unspecified atom stereocenters. The molecule has 1 heterocycles. The van der Waals surface area contributed by atoms with Gasteiger partial charge in [0.15, 0.2) is 5.11 Å². The number of hydrogen-bond donors (Lipinski definition) is 2. The fourth-order valence-electron chi connectivity index (χ4n) is 1.03. The number of thiophene rings is 1. The van der Waals surface area contributed by atoms with Gasteiger partial charge in [0.25, 0.3) is 0 Å². The van der Waals surface area contributed by atoms with Gasteiger partial charge in [-0.2, -0.15) is 5.10 Å². The van der Waals surface area contributed by atoms with Crippen molar-refractivity contribution in [3.05, 3.63) is 21.9 Å². The van der Waals surface area contributed by atoms with Gasteiger partial charge in [-0.3, -0.25) is 5.43 Å². The molecule has 7 heteroatoms. The Labute approximate surface area is 109 Å². The molecule has 0 aliphatic rings. The summed E-state index contributed by atoms with van der Waals surface area (Å²) in [6.45, 7) is 4.41. The predicted octanol–water partition coefficient (Wildman–Crippen LogP) is 0.320. The molecule has 0 atom stereocenters. The Bertz CT molecular complexity index is 454. The lowest BCUT2D eigenvalue weighted by atomic mass is 10.3. The fraction of sp³-hybridized carbons (Fsp3) is 0.300. The molecule has 2 N–H and O–H groups in total. The van der Waals surface area contributed by atoms with Crippen LogP contribution in [0.5, 0.6) is 0 Å². The lowest BCUT2D eigenvalue weighted by Crippen LogP contribution is -2.32. The Balaban J connectivity index is 2.68. The number of carboxylic acid groups (broad SMARTS) is 1. The lowest BCUT2D eigenvalue weighted by molar-refractivity contribution is -0.254. The van der Waals surface area contributed by atoms with Crippen LogP contribution >= 0.6 is 23.6 Å². The number of nitrogens with zero attached hydrogens (tertiary/aromatic N) is 1. The second-order valence-electron chi connectivity index (χ2n) is 3.12. The van der Waals surface area contributed by atoms with E-state index < -0.39 is 5.97 Å². The number of aromatic carboxylic acids is 1. The van der Waals surface area contributed by atoms with Gasteiger partial charge in [0.1, 0.15) is 0 Å². The van der Waals surface area contributed by atoms with E-state index in [1.807, 2.05) is 6.92 Å². The molecule has 0 saturated carbocycles. The molecule has 0 fully saturated rings. The maximum Gasteiger partial charge on any atom is 0.186 e. The highest BCUT2D eigenvalue weighted by Crippen LogP contribution is 2.16. The fourth-order valence-corrected chi connectivity index (χ4v) is 2.01. The summed E-state index contributed by atoms with van der Waals surface area (Å²) in [7, 11) is 0. The number of carbonyl (C=O) groups is 1. The first kappa shape index (κ1) is 13.6. The van der Waals surface area contributed by atoms with E-state index in [0.29, 0.717) is 17.4 Å². The minimum Gasteiger partial charge on any atom is -0.544 e. The minimum atomic E-state index is -1.18. The Kier molecular flexibility index (Phi) is 5.05. The molecular formula is C10H12N3O2S2-. The summed E-state index contributed by atoms with van der Waals surface area (Å²) in [5, 5.41) is 18.0. The van der Waals surface area contributed by atoms with Gasteiger partial charge >= 0.3 is 0 Å². The number of thiocarbonyl (C=S) groups is 1. The predicted molar refractivity (Wildman–Crippen MR) is 70.3 cm³/mol. The Morgan fingerprint density at radius 3 is 2.71 bits per heavy atom. The SMILES string of the molecule is CCNC(=S)N/N=C(/C)c1ccc(C(=O)[O-])s1. The van der Waals surface area contributed by atoms with Crippen LogP contribution < -0.4 is 15.8 Å².